The summed E-state index contributed by atoms with van der Waals surface area (Å²) >= 11 is 0. The molecule has 2 saturated heterocycles. The van der Waals surface area contributed by atoms with E-state index in [1.807, 2.05) is 0 Å². The SMILES string of the molecule is O=C(O)CCCNC(=O)CN1C[C@H]2CNC[C@H]2C1. The summed E-state index contributed by atoms with van der Waals surface area (Å²) in [5.41, 5.74) is 0. The van der Waals surface area contributed by atoms with E-state index in [0.717, 1.165) is 26.2 Å². The number of likely N-dealkylation sites (tertiary alicyclic amines) is 1. The van der Waals surface area contributed by atoms with Crippen LogP contribution >= 0.6 is 0 Å². The van der Waals surface area contributed by atoms with E-state index < -0.39 is 5.97 Å². The Bertz CT molecular complexity index is 310. The molecule has 102 valence electrons. The number of carboxylic acids is 1. The monoisotopic (exact) mass is 255 g/mol. The van der Waals surface area contributed by atoms with Crippen LogP contribution in [0.25, 0.3) is 0 Å². The fourth-order valence-corrected chi connectivity index (χ4v) is 2.81. The van der Waals surface area contributed by atoms with Gasteiger partial charge in [-0.3, -0.25) is 14.5 Å². The van der Waals surface area contributed by atoms with Crippen LogP contribution in [-0.4, -0.2) is 61.2 Å². The van der Waals surface area contributed by atoms with Crippen molar-refractivity contribution in [2.24, 2.45) is 11.8 Å². The molecule has 0 radical (unpaired) electrons. The Morgan fingerprint density at radius 1 is 1.28 bits per heavy atom. The largest absolute Gasteiger partial charge is 0.481 e. The minimum atomic E-state index is -0.816. The molecule has 0 saturated carbocycles. The van der Waals surface area contributed by atoms with Gasteiger partial charge in [-0.1, -0.05) is 0 Å². The molecule has 3 N–H and O–H groups in total. The number of carboxylic acid groups (broad SMARTS) is 1. The van der Waals surface area contributed by atoms with E-state index in [2.05, 4.69) is 15.5 Å². The molecule has 0 aromatic heterocycles. The standard InChI is InChI=1S/C12H21N3O3/c16-11(14-3-1-2-12(17)18)8-15-6-9-4-13-5-10(9)7-15/h9-10,13H,1-8H2,(H,14,16)(H,17,18)/t9-,10+. The number of nitrogens with one attached hydrogen (secondary N) is 2. The third kappa shape index (κ3) is 3.68. The number of rotatable bonds is 6. The zero-order valence-corrected chi connectivity index (χ0v) is 10.5. The summed E-state index contributed by atoms with van der Waals surface area (Å²) in [6, 6.07) is 0. The van der Waals surface area contributed by atoms with E-state index in [1.54, 1.807) is 0 Å². The van der Waals surface area contributed by atoms with Gasteiger partial charge in [0, 0.05) is 26.1 Å². The molecule has 2 heterocycles. The van der Waals surface area contributed by atoms with Gasteiger partial charge in [-0.2, -0.15) is 0 Å². The summed E-state index contributed by atoms with van der Waals surface area (Å²) in [6.45, 7) is 5.04. The average Bonchev–Trinajstić information content (AvgIpc) is 2.84. The number of hydrogen-bond acceptors (Lipinski definition) is 4. The molecule has 1 amide bonds. The van der Waals surface area contributed by atoms with Crippen molar-refractivity contribution < 1.29 is 14.7 Å². The molecule has 2 rings (SSSR count). The zero-order chi connectivity index (χ0) is 13.0. The van der Waals surface area contributed by atoms with Gasteiger partial charge in [0.2, 0.25) is 5.91 Å². The maximum absolute atomic E-state index is 11.6. The molecule has 0 aromatic rings. The normalized spacial score (nSPS) is 27.1. The molecule has 0 unspecified atom stereocenters. The summed E-state index contributed by atoms with van der Waals surface area (Å²) in [5, 5.41) is 14.6. The molecule has 0 aromatic carbocycles. The fraction of sp³-hybridized carbons (Fsp3) is 0.833. The summed E-state index contributed by atoms with van der Waals surface area (Å²) in [6.07, 6.45) is 0.607. The van der Waals surface area contributed by atoms with Gasteiger partial charge in [0.1, 0.15) is 0 Å². The van der Waals surface area contributed by atoms with Crippen molar-refractivity contribution >= 4 is 11.9 Å². The van der Waals surface area contributed by atoms with Crippen LogP contribution in [0.2, 0.25) is 0 Å². The first-order chi connectivity index (χ1) is 8.65. The lowest BCUT2D eigenvalue weighted by molar-refractivity contribution is -0.137. The highest BCUT2D eigenvalue weighted by molar-refractivity contribution is 5.78. The Morgan fingerprint density at radius 2 is 1.94 bits per heavy atom. The first-order valence-electron chi connectivity index (χ1n) is 6.56. The van der Waals surface area contributed by atoms with Crippen molar-refractivity contribution in [3.8, 4) is 0 Å². The van der Waals surface area contributed by atoms with E-state index in [-0.39, 0.29) is 12.3 Å². The molecular formula is C12H21N3O3. The van der Waals surface area contributed by atoms with E-state index in [1.165, 1.54) is 0 Å². The summed E-state index contributed by atoms with van der Waals surface area (Å²) in [7, 11) is 0. The quantitative estimate of drug-likeness (QED) is 0.537. The van der Waals surface area contributed by atoms with Crippen molar-refractivity contribution in [1.82, 2.24) is 15.5 Å². The van der Waals surface area contributed by atoms with Gasteiger partial charge in [-0.25, -0.2) is 0 Å². The Balaban J connectivity index is 1.59. The summed E-state index contributed by atoms with van der Waals surface area (Å²) in [4.78, 5) is 24.2. The topological polar surface area (TPSA) is 81.7 Å². The van der Waals surface area contributed by atoms with Gasteiger partial charge in [-0.05, 0) is 31.3 Å². The Hall–Kier alpha value is -1.14. The molecular weight excluding hydrogens is 234 g/mol. The number of carbonyl (C=O) groups is 2. The Morgan fingerprint density at radius 3 is 2.56 bits per heavy atom. The molecule has 6 heteroatoms. The summed E-state index contributed by atoms with van der Waals surface area (Å²) in [5.74, 6) is 0.590. The van der Waals surface area contributed by atoms with Crippen LogP contribution in [0.4, 0.5) is 0 Å². The fourth-order valence-electron chi connectivity index (χ4n) is 2.81. The van der Waals surface area contributed by atoms with Crippen molar-refractivity contribution in [2.75, 3.05) is 39.3 Å². The molecule has 0 bridgehead atoms. The van der Waals surface area contributed by atoms with Crippen LogP contribution < -0.4 is 10.6 Å². The number of nitrogens with zero attached hydrogens (tertiary/aromatic N) is 1. The van der Waals surface area contributed by atoms with E-state index in [4.69, 9.17) is 5.11 Å². The Kier molecular flexibility index (Phi) is 4.54. The lowest BCUT2D eigenvalue weighted by atomic mass is 10.0. The van der Waals surface area contributed by atoms with Crippen molar-refractivity contribution in [3.63, 3.8) is 0 Å². The van der Waals surface area contributed by atoms with Crippen LogP contribution in [0.1, 0.15) is 12.8 Å². The van der Waals surface area contributed by atoms with Gasteiger partial charge in [0.05, 0.1) is 6.54 Å². The lowest BCUT2D eigenvalue weighted by Gasteiger charge is -2.16. The molecule has 18 heavy (non-hydrogen) atoms. The van der Waals surface area contributed by atoms with E-state index >= 15 is 0 Å². The number of carbonyl (C=O) groups excluding carboxylic acids is 1. The average molecular weight is 255 g/mol. The van der Waals surface area contributed by atoms with Crippen molar-refractivity contribution in [2.45, 2.75) is 12.8 Å². The third-order valence-corrected chi connectivity index (χ3v) is 3.72. The van der Waals surface area contributed by atoms with Gasteiger partial charge >= 0.3 is 5.97 Å². The second kappa shape index (κ2) is 6.15. The maximum atomic E-state index is 11.6. The van der Waals surface area contributed by atoms with Crippen molar-refractivity contribution in [1.29, 1.82) is 0 Å². The highest BCUT2D eigenvalue weighted by atomic mass is 16.4. The first-order valence-corrected chi connectivity index (χ1v) is 6.56. The van der Waals surface area contributed by atoms with E-state index in [9.17, 15) is 9.59 Å². The second-order valence-corrected chi connectivity index (χ2v) is 5.22. The van der Waals surface area contributed by atoms with E-state index in [0.29, 0.717) is 31.3 Å². The van der Waals surface area contributed by atoms with Gasteiger partial charge < -0.3 is 15.7 Å². The number of amides is 1. The van der Waals surface area contributed by atoms with Gasteiger partial charge in [-0.15, -0.1) is 0 Å². The number of hydrogen-bond donors (Lipinski definition) is 3. The number of aliphatic carboxylic acids is 1. The molecule has 2 fully saturated rings. The zero-order valence-electron chi connectivity index (χ0n) is 10.5. The molecule has 2 atom stereocenters. The van der Waals surface area contributed by atoms with Crippen LogP contribution in [0.5, 0.6) is 0 Å². The lowest BCUT2D eigenvalue weighted by Crippen LogP contribution is -2.37. The molecule has 6 nitrogen and oxygen atoms in total. The van der Waals surface area contributed by atoms with Crippen LogP contribution in [0.3, 0.4) is 0 Å². The van der Waals surface area contributed by atoms with Gasteiger partial charge in [0.25, 0.3) is 0 Å². The molecule has 0 spiro atoms. The van der Waals surface area contributed by atoms with Crippen LogP contribution in [0, 0.1) is 11.8 Å². The van der Waals surface area contributed by atoms with Crippen molar-refractivity contribution in [3.05, 3.63) is 0 Å². The smallest absolute Gasteiger partial charge is 0.303 e. The minimum absolute atomic E-state index is 0.00771. The highest BCUT2D eigenvalue weighted by Crippen LogP contribution is 2.25. The molecule has 2 aliphatic rings. The maximum Gasteiger partial charge on any atom is 0.303 e. The molecule has 0 aliphatic carbocycles. The third-order valence-electron chi connectivity index (χ3n) is 3.72. The predicted octanol–water partition coefficient (Wildman–Crippen LogP) is -0.881. The van der Waals surface area contributed by atoms with Crippen LogP contribution in [0.15, 0.2) is 0 Å². The minimum Gasteiger partial charge on any atom is -0.481 e. The highest BCUT2D eigenvalue weighted by Gasteiger charge is 2.36. The molecule has 2 aliphatic heterocycles. The second-order valence-electron chi connectivity index (χ2n) is 5.22. The number of fused-ring (bicyclic) bond motifs is 1. The Labute approximate surface area is 107 Å². The predicted molar refractivity (Wildman–Crippen MR) is 66.2 cm³/mol. The summed E-state index contributed by atoms with van der Waals surface area (Å²) < 4.78 is 0. The van der Waals surface area contributed by atoms with Crippen LogP contribution in [-0.2, 0) is 9.59 Å². The first kappa shape index (κ1) is 13.3. The van der Waals surface area contributed by atoms with Gasteiger partial charge in [0.15, 0.2) is 0 Å².